The molecular formula is C14H9ClF3N3O3S. The first-order chi connectivity index (χ1) is 11.7. The van der Waals surface area contributed by atoms with Gasteiger partial charge in [-0.2, -0.15) is 13.2 Å². The molecule has 0 saturated heterocycles. The summed E-state index contributed by atoms with van der Waals surface area (Å²) in [5.41, 5.74) is -1.82. The zero-order valence-electron chi connectivity index (χ0n) is 12.2. The smallest absolute Gasteiger partial charge is 0.325 e. The van der Waals surface area contributed by atoms with Gasteiger partial charge in [0, 0.05) is 17.3 Å². The van der Waals surface area contributed by atoms with Gasteiger partial charge in [-0.3, -0.25) is 14.9 Å². The van der Waals surface area contributed by atoms with Crippen LogP contribution in [0.4, 0.5) is 24.5 Å². The average molecular weight is 392 g/mol. The van der Waals surface area contributed by atoms with Crippen LogP contribution < -0.4 is 5.32 Å². The van der Waals surface area contributed by atoms with Crippen LogP contribution in [-0.4, -0.2) is 21.6 Å². The van der Waals surface area contributed by atoms with Crippen LogP contribution in [0.3, 0.4) is 0 Å². The molecule has 1 N–H and O–H groups in total. The van der Waals surface area contributed by atoms with Gasteiger partial charge in [0.2, 0.25) is 5.91 Å². The summed E-state index contributed by atoms with van der Waals surface area (Å²) in [5.74, 6) is -1.12. The van der Waals surface area contributed by atoms with Crippen LogP contribution in [0.1, 0.15) is 5.56 Å². The van der Waals surface area contributed by atoms with Crippen molar-refractivity contribution in [1.82, 2.24) is 4.98 Å². The number of nitro groups is 1. The Morgan fingerprint density at radius 2 is 2.08 bits per heavy atom. The van der Waals surface area contributed by atoms with E-state index in [0.29, 0.717) is 6.07 Å². The van der Waals surface area contributed by atoms with E-state index >= 15 is 0 Å². The highest BCUT2D eigenvalue weighted by Gasteiger charge is 2.34. The molecule has 1 heterocycles. The lowest BCUT2D eigenvalue weighted by Crippen LogP contribution is -2.18. The molecule has 2 aromatic rings. The molecule has 0 aliphatic heterocycles. The van der Waals surface area contributed by atoms with Crippen LogP contribution in [-0.2, 0) is 11.0 Å². The van der Waals surface area contributed by atoms with E-state index in [2.05, 4.69) is 10.3 Å². The Balaban J connectivity index is 2.11. The van der Waals surface area contributed by atoms with Crippen molar-refractivity contribution in [2.24, 2.45) is 0 Å². The van der Waals surface area contributed by atoms with Gasteiger partial charge in [-0.05, 0) is 24.3 Å². The molecule has 132 valence electrons. The molecule has 0 fully saturated rings. The van der Waals surface area contributed by atoms with Crippen molar-refractivity contribution in [2.75, 3.05) is 11.1 Å². The van der Waals surface area contributed by atoms with Crippen LogP contribution >= 0.6 is 23.4 Å². The highest BCUT2D eigenvalue weighted by Crippen LogP contribution is 2.36. The first-order valence-electron chi connectivity index (χ1n) is 6.57. The molecule has 0 atom stereocenters. The van der Waals surface area contributed by atoms with Crippen LogP contribution in [0.5, 0.6) is 0 Å². The number of nitrogens with one attached hydrogen (secondary N) is 1. The average Bonchev–Trinajstić information content (AvgIpc) is 2.54. The molecule has 1 amide bonds. The Morgan fingerprint density at radius 1 is 1.36 bits per heavy atom. The third kappa shape index (κ3) is 5.07. The maximum atomic E-state index is 13.0. The number of hydrogen-bond donors (Lipinski definition) is 1. The molecular weight excluding hydrogens is 383 g/mol. The van der Waals surface area contributed by atoms with E-state index in [-0.39, 0.29) is 21.5 Å². The second-order valence-corrected chi connectivity index (χ2v) is 6.01. The van der Waals surface area contributed by atoms with Crippen LogP contribution in [0, 0.1) is 10.1 Å². The van der Waals surface area contributed by atoms with Crippen molar-refractivity contribution in [3.05, 3.63) is 57.2 Å². The molecule has 25 heavy (non-hydrogen) atoms. The predicted octanol–water partition coefficient (Wildman–Crippen LogP) is 4.39. The molecule has 1 aromatic heterocycles. The monoisotopic (exact) mass is 391 g/mol. The van der Waals surface area contributed by atoms with E-state index in [1.807, 2.05) is 0 Å². The number of carbonyl (C=O) groups is 1. The first-order valence-corrected chi connectivity index (χ1v) is 7.93. The number of halogens is 4. The minimum Gasteiger partial charge on any atom is -0.325 e. The molecule has 0 unspecified atom stereocenters. The number of amides is 1. The molecule has 0 aliphatic carbocycles. The minimum atomic E-state index is -4.69. The summed E-state index contributed by atoms with van der Waals surface area (Å²) >= 11 is 6.31. The van der Waals surface area contributed by atoms with Crippen molar-refractivity contribution in [3.63, 3.8) is 0 Å². The fraction of sp³-hybridized carbons (Fsp3) is 0.143. The fourth-order valence-electron chi connectivity index (χ4n) is 1.81. The number of hydrogen-bond acceptors (Lipinski definition) is 5. The summed E-state index contributed by atoms with van der Waals surface area (Å²) in [6, 6.07) is 5.54. The number of aromatic nitrogens is 1. The molecule has 0 aliphatic rings. The summed E-state index contributed by atoms with van der Waals surface area (Å²) in [6.07, 6.45) is -3.38. The molecule has 0 bridgehead atoms. The van der Waals surface area contributed by atoms with Crippen LogP contribution in [0.25, 0.3) is 0 Å². The van der Waals surface area contributed by atoms with Gasteiger partial charge in [0.1, 0.15) is 0 Å². The molecule has 0 saturated carbocycles. The largest absolute Gasteiger partial charge is 0.418 e. The number of anilines is 1. The molecule has 0 spiro atoms. The van der Waals surface area contributed by atoms with Gasteiger partial charge in [-0.15, -0.1) is 0 Å². The molecule has 0 radical (unpaired) electrons. The Bertz CT molecular complexity index is 817. The molecule has 2 rings (SSSR count). The van der Waals surface area contributed by atoms with E-state index in [1.54, 1.807) is 0 Å². The standard InChI is InChI=1S/C14H9ClF3N3O3S/c15-8-3-4-10(9(6-8)14(16,17)18)20-12(22)7-25-13-11(21(23)24)2-1-5-19-13/h1-6H,7H2,(H,20,22). The second kappa shape index (κ2) is 7.70. The third-order valence-electron chi connectivity index (χ3n) is 2.85. The topological polar surface area (TPSA) is 85.1 Å². The van der Waals surface area contributed by atoms with Gasteiger partial charge in [0.25, 0.3) is 0 Å². The van der Waals surface area contributed by atoms with E-state index in [4.69, 9.17) is 11.6 Å². The van der Waals surface area contributed by atoms with Gasteiger partial charge in [0.05, 0.1) is 21.9 Å². The van der Waals surface area contributed by atoms with Crippen molar-refractivity contribution in [3.8, 4) is 0 Å². The third-order valence-corrected chi connectivity index (χ3v) is 4.08. The Kier molecular flexibility index (Phi) is 5.85. The highest BCUT2D eigenvalue weighted by atomic mass is 35.5. The summed E-state index contributed by atoms with van der Waals surface area (Å²) < 4.78 is 38.9. The Hall–Kier alpha value is -2.33. The van der Waals surface area contributed by atoms with Crippen molar-refractivity contribution >= 4 is 40.6 Å². The van der Waals surface area contributed by atoms with Gasteiger partial charge in [0.15, 0.2) is 5.03 Å². The summed E-state index contributed by atoms with van der Waals surface area (Å²) in [5, 5.41) is 12.9. The van der Waals surface area contributed by atoms with Gasteiger partial charge >= 0.3 is 11.9 Å². The molecule has 11 heteroatoms. The lowest BCUT2D eigenvalue weighted by atomic mass is 10.1. The summed E-state index contributed by atoms with van der Waals surface area (Å²) in [4.78, 5) is 25.9. The molecule has 6 nitrogen and oxygen atoms in total. The van der Waals surface area contributed by atoms with Crippen molar-refractivity contribution < 1.29 is 22.9 Å². The number of pyridine rings is 1. The van der Waals surface area contributed by atoms with Gasteiger partial charge < -0.3 is 5.32 Å². The van der Waals surface area contributed by atoms with E-state index in [9.17, 15) is 28.1 Å². The summed E-state index contributed by atoms with van der Waals surface area (Å²) in [7, 11) is 0. The zero-order valence-corrected chi connectivity index (χ0v) is 13.8. The number of thioether (sulfide) groups is 1. The first kappa shape index (κ1) is 19.0. The number of rotatable bonds is 5. The quantitative estimate of drug-likeness (QED) is 0.464. The Labute approximate surface area is 148 Å². The van der Waals surface area contributed by atoms with Crippen molar-refractivity contribution in [1.29, 1.82) is 0 Å². The maximum absolute atomic E-state index is 13.0. The number of carbonyl (C=O) groups excluding carboxylic acids is 1. The van der Waals surface area contributed by atoms with Crippen LogP contribution in [0.2, 0.25) is 5.02 Å². The lowest BCUT2D eigenvalue weighted by molar-refractivity contribution is -0.388. The summed E-state index contributed by atoms with van der Waals surface area (Å²) in [6.45, 7) is 0. The number of alkyl halides is 3. The van der Waals surface area contributed by atoms with Gasteiger partial charge in [-0.1, -0.05) is 23.4 Å². The SMILES string of the molecule is O=C(CSc1ncccc1[N+](=O)[O-])Nc1ccc(Cl)cc1C(F)(F)F. The lowest BCUT2D eigenvalue weighted by Gasteiger charge is -2.14. The minimum absolute atomic E-state index is 0.00481. The predicted molar refractivity (Wildman–Crippen MR) is 86.7 cm³/mol. The van der Waals surface area contributed by atoms with E-state index in [1.165, 1.54) is 24.4 Å². The fourth-order valence-corrected chi connectivity index (χ4v) is 2.75. The maximum Gasteiger partial charge on any atom is 0.418 e. The normalized spacial score (nSPS) is 11.2. The zero-order chi connectivity index (χ0) is 18.6. The van der Waals surface area contributed by atoms with Crippen LogP contribution in [0.15, 0.2) is 41.6 Å². The second-order valence-electron chi connectivity index (χ2n) is 4.61. The number of nitrogens with zero attached hydrogens (tertiary/aromatic N) is 2. The number of benzene rings is 1. The van der Waals surface area contributed by atoms with E-state index < -0.39 is 28.3 Å². The highest BCUT2D eigenvalue weighted by molar-refractivity contribution is 8.00. The van der Waals surface area contributed by atoms with Gasteiger partial charge in [-0.25, -0.2) is 4.98 Å². The molecule has 1 aromatic carbocycles. The Morgan fingerprint density at radius 3 is 2.72 bits per heavy atom. The van der Waals surface area contributed by atoms with Crippen molar-refractivity contribution in [2.45, 2.75) is 11.2 Å². The van der Waals surface area contributed by atoms with E-state index in [0.717, 1.165) is 17.8 Å².